The Morgan fingerprint density at radius 3 is 2.43 bits per heavy atom. The number of amides is 2. The topological polar surface area (TPSA) is 78.4 Å². The van der Waals surface area contributed by atoms with Crippen molar-refractivity contribution in [1.29, 1.82) is 0 Å². The van der Waals surface area contributed by atoms with Crippen LogP contribution in [0.15, 0.2) is 18.2 Å². The molecule has 0 heterocycles. The van der Waals surface area contributed by atoms with Gasteiger partial charge in [-0.05, 0) is 31.4 Å². The molecule has 1 aromatic carbocycles. The van der Waals surface area contributed by atoms with Crippen LogP contribution in [0.2, 0.25) is 0 Å². The summed E-state index contributed by atoms with van der Waals surface area (Å²) in [5.41, 5.74) is 1.12. The van der Waals surface area contributed by atoms with Crippen molar-refractivity contribution >= 4 is 17.7 Å². The first kappa shape index (κ1) is 15.4. The molecule has 0 radical (unpaired) electrons. The van der Waals surface area contributed by atoms with E-state index in [9.17, 15) is 14.7 Å². The molecule has 1 aliphatic rings. The smallest absolute Gasteiger partial charge is 0.338 e. The van der Waals surface area contributed by atoms with Crippen molar-refractivity contribution in [2.45, 2.75) is 51.5 Å². The van der Waals surface area contributed by atoms with E-state index in [1.807, 2.05) is 0 Å². The number of nitrogens with one attached hydrogen (secondary N) is 2. The highest BCUT2D eigenvalue weighted by molar-refractivity contribution is 6.01. The lowest BCUT2D eigenvalue weighted by atomic mass is 10.1. The number of carboxylic acid groups (broad SMARTS) is 1. The Labute approximate surface area is 124 Å². The van der Waals surface area contributed by atoms with Gasteiger partial charge in [0.05, 0.1) is 11.3 Å². The number of aromatic carboxylic acids is 1. The summed E-state index contributed by atoms with van der Waals surface area (Å²) in [5, 5.41) is 14.9. The maximum absolute atomic E-state index is 12.1. The lowest BCUT2D eigenvalue weighted by molar-refractivity contribution is 0.0697. The number of carbonyl (C=O) groups is 2. The van der Waals surface area contributed by atoms with Gasteiger partial charge in [0.25, 0.3) is 0 Å². The van der Waals surface area contributed by atoms with Gasteiger partial charge in [-0.2, -0.15) is 0 Å². The van der Waals surface area contributed by atoms with Gasteiger partial charge in [-0.25, -0.2) is 9.59 Å². The van der Waals surface area contributed by atoms with Crippen molar-refractivity contribution in [1.82, 2.24) is 5.32 Å². The molecular formula is C16H22N2O3. The summed E-state index contributed by atoms with van der Waals surface area (Å²) in [6.45, 7) is 1.72. The van der Waals surface area contributed by atoms with Crippen LogP contribution in [0, 0.1) is 6.92 Å². The lowest BCUT2D eigenvalue weighted by Crippen LogP contribution is -2.37. The Morgan fingerprint density at radius 1 is 1.14 bits per heavy atom. The van der Waals surface area contributed by atoms with E-state index in [0.717, 1.165) is 25.7 Å². The number of benzene rings is 1. The quantitative estimate of drug-likeness (QED) is 0.745. The second-order valence-electron chi connectivity index (χ2n) is 5.59. The van der Waals surface area contributed by atoms with Gasteiger partial charge < -0.3 is 15.7 Å². The molecule has 0 aliphatic heterocycles. The minimum atomic E-state index is -1.03. The molecular weight excluding hydrogens is 268 g/mol. The SMILES string of the molecule is Cc1cccc(NC(=O)NC2CCCCCC2)c1C(=O)O. The zero-order chi connectivity index (χ0) is 15.2. The van der Waals surface area contributed by atoms with Gasteiger partial charge in [-0.1, -0.05) is 37.8 Å². The summed E-state index contributed by atoms with van der Waals surface area (Å²) in [6.07, 6.45) is 6.70. The Hall–Kier alpha value is -2.04. The van der Waals surface area contributed by atoms with Crippen molar-refractivity contribution < 1.29 is 14.7 Å². The lowest BCUT2D eigenvalue weighted by Gasteiger charge is -2.17. The predicted octanol–water partition coefficient (Wildman–Crippen LogP) is 3.54. The number of hydrogen-bond donors (Lipinski definition) is 3. The number of rotatable bonds is 3. The van der Waals surface area contributed by atoms with Crippen molar-refractivity contribution in [3.63, 3.8) is 0 Å². The number of anilines is 1. The van der Waals surface area contributed by atoms with E-state index in [1.165, 1.54) is 12.8 Å². The van der Waals surface area contributed by atoms with Crippen molar-refractivity contribution in [3.8, 4) is 0 Å². The van der Waals surface area contributed by atoms with E-state index < -0.39 is 5.97 Å². The third-order valence-electron chi connectivity index (χ3n) is 3.93. The summed E-state index contributed by atoms with van der Waals surface area (Å²) >= 11 is 0. The van der Waals surface area contributed by atoms with E-state index in [2.05, 4.69) is 10.6 Å². The molecule has 114 valence electrons. The highest BCUT2D eigenvalue weighted by Gasteiger charge is 2.17. The summed E-state index contributed by atoms with van der Waals surface area (Å²) in [6, 6.07) is 4.94. The molecule has 21 heavy (non-hydrogen) atoms. The van der Waals surface area contributed by atoms with Gasteiger partial charge in [-0.3, -0.25) is 0 Å². The Morgan fingerprint density at radius 2 is 1.81 bits per heavy atom. The molecule has 0 aromatic heterocycles. The van der Waals surface area contributed by atoms with E-state index in [0.29, 0.717) is 11.3 Å². The first-order valence-electron chi connectivity index (χ1n) is 7.48. The second-order valence-corrected chi connectivity index (χ2v) is 5.59. The first-order valence-corrected chi connectivity index (χ1v) is 7.48. The molecule has 2 rings (SSSR count). The van der Waals surface area contributed by atoms with Crippen molar-refractivity contribution in [2.24, 2.45) is 0 Å². The zero-order valence-corrected chi connectivity index (χ0v) is 12.3. The molecule has 2 amide bonds. The fourth-order valence-corrected chi connectivity index (χ4v) is 2.82. The number of aryl methyl sites for hydroxylation is 1. The van der Waals surface area contributed by atoms with E-state index >= 15 is 0 Å². The summed E-state index contributed by atoms with van der Waals surface area (Å²) in [7, 11) is 0. The molecule has 0 bridgehead atoms. The fourth-order valence-electron chi connectivity index (χ4n) is 2.82. The highest BCUT2D eigenvalue weighted by Crippen LogP contribution is 2.20. The van der Waals surface area contributed by atoms with Gasteiger partial charge >= 0.3 is 12.0 Å². The van der Waals surface area contributed by atoms with Gasteiger partial charge in [0, 0.05) is 6.04 Å². The minimum absolute atomic E-state index is 0.147. The maximum atomic E-state index is 12.1. The third kappa shape index (κ3) is 4.21. The largest absolute Gasteiger partial charge is 0.478 e. The predicted molar refractivity (Wildman–Crippen MR) is 81.8 cm³/mol. The fraction of sp³-hybridized carbons (Fsp3) is 0.500. The average Bonchev–Trinajstić information content (AvgIpc) is 2.66. The van der Waals surface area contributed by atoms with Crippen LogP contribution < -0.4 is 10.6 Å². The number of carboxylic acids is 1. The van der Waals surface area contributed by atoms with E-state index in [4.69, 9.17) is 0 Å². The average molecular weight is 290 g/mol. The van der Waals surface area contributed by atoms with Crippen molar-refractivity contribution in [2.75, 3.05) is 5.32 Å². The second kappa shape index (κ2) is 7.11. The summed E-state index contributed by atoms with van der Waals surface area (Å²) in [4.78, 5) is 23.4. The molecule has 1 aliphatic carbocycles. The molecule has 3 N–H and O–H groups in total. The molecule has 0 atom stereocenters. The first-order chi connectivity index (χ1) is 10.1. The number of carbonyl (C=O) groups excluding carboxylic acids is 1. The Kier molecular flexibility index (Phi) is 5.20. The van der Waals surface area contributed by atoms with Gasteiger partial charge in [0.15, 0.2) is 0 Å². The zero-order valence-electron chi connectivity index (χ0n) is 12.3. The molecule has 5 nitrogen and oxygen atoms in total. The van der Waals surface area contributed by atoms with Crippen molar-refractivity contribution in [3.05, 3.63) is 29.3 Å². The third-order valence-corrected chi connectivity index (χ3v) is 3.93. The summed E-state index contributed by atoms with van der Waals surface area (Å²) in [5.74, 6) is -1.03. The van der Waals surface area contributed by atoms with Crippen LogP contribution in [-0.2, 0) is 0 Å². The monoisotopic (exact) mass is 290 g/mol. The highest BCUT2D eigenvalue weighted by atomic mass is 16.4. The standard InChI is InChI=1S/C16H22N2O3/c1-11-7-6-10-13(14(11)15(19)20)18-16(21)17-12-8-4-2-3-5-9-12/h6-7,10,12H,2-5,8-9H2,1H3,(H,19,20)(H2,17,18,21). The minimum Gasteiger partial charge on any atom is -0.478 e. The molecule has 0 spiro atoms. The van der Waals surface area contributed by atoms with E-state index in [-0.39, 0.29) is 17.6 Å². The van der Waals surface area contributed by atoms with Gasteiger partial charge in [0.1, 0.15) is 0 Å². The maximum Gasteiger partial charge on any atom is 0.338 e. The molecule has 1 aromatic rings. The molecule has 0 unspecified atom stereocenters. The summed E-state index contributed by atoms with van der Waals surface area (Å²) < 4.78 is 0. The number of hydrogen-bond acceptors (Lipinski definition) is 2. The van der Waals surface area contributed by atoms with Crippen LogP contribution in [0.3, 0.4) is 0 Å². The van der Waals surface area contributed by atoms with Crippen LogP contribution in [0.25, 0.3) is 0 Å². The van der Waals surface area contributed by atoms with Crippen LogP contribution >= 0.6 is 0 Å². The molecule has 5 heteroatoms. The van der Waals surface area contributed by atoms with Crippen LogP contribution in [0.4, 0.5) is 10.5 Å². The van der Waals surface area contributed by atoms with Gasteiger partial charge in [-0.15, -0.1) is 0 Å². The van der Waals surface area contributed by atoms with E-state index in [1.54, 1.807) is 25.1 Å². The molecule has 1 saturated carbocycles. The van der Waals surface area contributed by atoms with Crippen LogP contribution in [-0.4, -0.2) is 23.1 Å². The Bertz CT molecular complexity index is 520. The van der Waals surface area contributed by atoms with Crippen LogP contribution in [0.5, 0.6) is 0 Å². The Balaban J connectivity index is 2.02. The molecule has 1 fully saturated rings. The normalized spacial score (nSPS) is 16.0. The molecule has 0 saturated heterocycles. The number of urea groups is 1. The van der Waals surface area contributed by atoms with Crippen LogP contribution in [0.1, 0.15) is 54.4 Å². The van der Waals surface area contributed by atoms with Gasteiger partial charge in [0.2, 0.25) is 0 Å².